The van der Waals surface area contributed by atoms with Gasteiger partial charge >= 0.3 is 0 Å². The highest BCUT2D eigenvalue weighted by atomic mass is 16.2. The van der Waals surface area contributed by atoms with Crippen molar-refractivity contribution in [1.29, 1.82) is 0 Å². The summed E-state index contributed by atoms with van der Waals surface area (Å²) in [6.07, 6.45) is 4.98. The van der Waals surface area contributed by atoms with Gasteiger partial charge < -0.3 is 10.6 Å². The number of hydrogen-bond donors (Lipinski definition) is 2. The van der Waals surface area contributed by atoms with Crippen LogP contribution >= 0.6 is 0 Å². The molecule has 2 atom stereocenters. The van der Waals surface area contributed by atoms with E-state index in [1.165, 1.54) is 6.42 Å². The molecule has 1 aliphatic heterocycles. The Morgan fingerprint density at radius 3 is 3.14 bits per heavy atom. The van der Waals surface area contributed by atoms with Gasteiger partial charge in [-0.25, -0.2) is 0 Å². The molecule has 80 valence electrons. The molecule has 0 radical (unpaired) electrons. The van der Waals surface area contributed by atoms with Gasteiger partial charge in [-0.2, -0.15) is 0 Å². The molecule has 0 aromatic carbocycles. The van der Waals surface area contributed by atoms with E-state index in [-0.39, 0.29) is 11.9 Å². The fraction of sp³-hybridized carbons (Fsp3) is 0.727. The molecule has 0 aromatic heterocycles. The van der Waals surface area contributed by atoms with E-state index >= 15 is 0 Å². The predicted octanol–water partition coefficient (Wildman–Crippen LogP) is 1.07. The minimum absolute atomic E-state index is 0.00793. The number of carbonyl (C=O) groups is 1. The summed E-state index contributed by atoms with van der Waals surface area (Å²) >= 11 is 0. The van der Waals surface area contributed by atoms with Gasteiger partial charge in [0.15, 0.2) is 0 Å². The van der Waals surface area contributed by atoms with Crippen LogP contribution in [0.2, 0.25) is 0 Å². The van der Waals surface area contributed by atoms with Crippen LogP contribution < -0.4 is 10.6 Å². The summed E-state index contributed by atoms with van der Waals surface area (Å²) in [6.45, 7) is 7.41. The molecule has 1 rings (SSSR count). The Kier molecular flexibility index (Phi) is 4.66. The van der Waals surface area contributed by atoms with Crippen molar-refractivity contribution >= 4 is 5.91 Å². The fourth-order valence-electron chi connectivity index (χ4n) is 1.81. The van der Waals surface area contributed by atoms with E-state index in [4.69, 9.17) is 0 Å². The summed E-state index contributed by atoms with van der Waals surface area (Å²) in [7, 11) is 0. The van der Waals surface area contributed by atoms with Crippen LogP contribution in [0.4, 0.5) is 0 Å². The molecule has 0 spiro atoms. The van der Waals surface area contributed by atoms with Crippen molar-refractivity contribution in [3.63, 3.8) is 0 Å². The van der Waals surface area contributed by atoms with Crippen molar-refractivity contribution in [3.05, 3.63) is 12.7 Å². The van der Waals surface area contributed by atoms with Gasteiger partial charge in [-0.15, -0.1) is 6.58 Å². The van der Waals surface area contributed by atoms with Crippen molar-refractivity contribution in [2.75, 3.05) is 13.1 Å². The normalized spacial score (nSPS) is 26.9. The minimum atomic E-state index is 0.00793. The van der Waals surface area contributed by atoms with Gasteiger partial charge in [0, 0.05) is 6.54 Å². The molecule has 1 saturated heterocycles. The average Bonchev–Trinajstić information content (AvgIpc) is 2.18. The quantitative estimate of drug-likeness (QED) is 0.521. The summed E-state index contributed by atoms with van der Waals surface area (Å²) in [4.78, 5) is 11.7. The highest BCUT2D eigenvalue weighted by Crippen LogP contribution is 2.15. The Morgan fingerprint density at radius 1 is 1.71 bits per heavy atom. The molecule has 0 saturated carbocycles. The number of nitrogens with one attached hydrogen (secondary N) is 2. The van der Waals surface area contributed by atoms with E-state index < -0.39 is 0 Å². The van der Waals surface area contributed by atoms with Gasteiger partial charge in [-0.3, -0.25) is 4.79 Å². The van der Waals surface area contributed by atoms with Crippen LogP contribution in [0, 0.1) is 5.92 Å². The third kappa shape index (κ3) is 3.14. The maximum Gasteiger partial charge on any atom is 0.237 e. The molecule has 0 bridgehead atoms. The largest absolute Gasteiger partial charge is 0.354 e. The molecule has 2 N–H and O–H groups in total. The van der Waals surface area contributed by atoms with Crippen LogP contribution in [0.5, 0.6) is 0 Å². The molecule has 1 fully saturated rings. The van der Waals surface area contributed by atoms with E-state index in [2.05, 4.69) is 24.1 Å². The highest BCUT2D eigenvalue weighted by molar-refractivity contribution is 5.82. The molecule has 3 heteroatoms. The van der Waals surface area contributed by atoms with E-state index in [9.17, 15) is 4.79 Å². The minimum Gasteiger partial charge on any atom is -0.354 e. The monoisotopic (exact) mass is 196 g/mol. The molecular formula is C11H20N2O. The summed E-state index contributed by atoms with van der Waals surface area (Å²) in [5.41, 5.74) is 0. The van der Waals surface area contributed by atoms with Crippen molar-refractivity contribution in [3.8, 4) is 0 Å². The Bertz CT molecular complexity index is 203. The zero-order chi connectivity index (χ0) is 10.4. The average molecular weight is 196 g/mol. The molecular weight excluding hydrogens is 176 g/mol. The highest BCUT2D eigenvalue weighted by Gasteiger charge is 2.26. The first-order chi connectivity index (χ1) is 6.75. The van der Waals surface area contributed by atoms with Crippen LogP contribution in [0.15, 0.2) is 12.7 Å². The zero-order valence-corrected chi connectivity index (χ0v) is 8.88. The summed E-state index contributed by atoms with van der Waals surface area (Å²) < 4.78 is 0. The van der Waals surface area contributed by atoms with Gasteiger partial charge in [-0.05, 0) is 31.7 Å². The van der Waals surface area contributed by atoms with Gasteiger partial charge in [0.1, 0.15) is 0 Å². The Balaban J connectivity index is 2.30. The maximum atomic E-state index is 11.7. The second kappa shape index (κ2) is 5.81. The SMILES string of the molecule is C=CCCNC(=O)C1NCCCC1C. The summed E-state index contributed by atoms with van der Waals surface area (Å²) in [5.74, 6) is 0.589. The molecule has 14 heavy (non-hydrogen) atoms. The summed E-state index contributed by atoms with van der Waals surface area (Å²) in [6, 6.07) is 0.00793. The van der Waals surface area contributed by atoms with Crippen LogP contribution in [0.1, 0.15) is 26.2 Å². The summed E-state index contributed by atoms with van der Waals surface area (Å²) in [5, 5.41) is 6.17. The molecule has 1 heterocycles. The molecule has 1 amide bonds. The number of piperidine rings is 1. The first-order valence-electron chi connectivity index (χ1n) is 5.37. The van der Waals surface area contributed by atoms with Crippen LogP contribution in [-0.4, -0.2) is 25.0 Å². The van der Waals surface area contributed by atoms with Crippen molar-refractivity contribution in [1.82, 2.24) is 10.6 Å². The van der Waals surface area contributed by atoms with E-state index in [1.807, 2.05) is 6.08 Å². The predicted molar refractivity (Wildman–Crippen MR) is 58.0 cm³/mol. The Labute approximate surface area is 86.0 Å². The van der Waals surface area contributed by atoms with E-state index in [0.29, 0.717) is 12.5 Å². The van der Waals surface area contributed by atoms with Gasteiger partial charge in [0.05, 0.1) is 6.04 Å². The first kappa shape index (κ1) is 11.2. The number of hydrogen-bond acceptors (Lipinski definition) is 2. The smallest absolute Gasteiger partial charge is 0.237 e. The van der Waals surface area contributed by atoms with Crippen molar-refractivity contribution in [2.45, 2.75) is 32.2 Å². The van der Waals surface area contributed by atoms with Gasteiger partial charge in [-0.1, -0.05) is 13.0 Å². The zero-order valence-electron chi connectivity index (χ0n) is 8.88. The van der Waals surface area contributed by atoms with E-state index in [1.54, 1.807) is 0 Å². The van der Waals surface area contributed by atoms with E-state index in [0.717, 1.165) is 19.4 Å². The first-order valence-corrected chi connectivity index (χ1v) is 5.37. The third-order valence-corrected chi connectivity index (χ3v) is 2.70. The molecule has 3 nitrogen and oxygen atoms in total. The number of rotatable bonds is 4. The van der Waals surface area contributed by atoms with Crippen LogP contribution in [0.3, 0.4) is 0 Å². The molecule has 0 aromatic rings. The van der Waals surface area contributed by atoms with Crippen LogP contribution in [-0.2, 0) is 4.79 Å². The lowest BCUT2D eigenvalue weighted by Crippen LogP contribution is -2.50. The van der Waals surface area contributed by atoms with Gasteiger partial charge in [0.25, 0.3) is 0 Å². The second-order valence-corrected chi connectivity index (χ2v) is 3.92. The topological polar surface area (TPSA) is 41.1 Å². The fourth-order valence-corrected chi connectivity index (χ4v) is 1.81. The lowest BCUT2D eigenvalue weighted by molar-refractivity contribution is -0.124. The molecule has 1 aliphatic rings. The lowest BCUT2D eigenvalue weighted by atomic mass is 9.92. The van der Waals surface area contributed by atoms with Crippen LogP contribution in [0.25, 0.3) is 0 Å². The standard InChI is InChI=1S/C11H20N2O/c1-3-4-7-13-11(14)10-9(2)6-5-8-12-10/h3,9-10,12H,1,4-8H2,2H3,(H,13,14). The Hall–Kier alpha value is -0.830. The lowest BCUT2D eigenvalue weighted by Gasteiger charge is -2.28. The third-order valence-electron chi connectivity index (χ3n) is 2.70. The van der Waals surface area contributed by atoms with Crippen molar-refractivity contribution in [2.24, 2.45) is 5.92 Å². The van der Waals surface area contributed by atoms with Crippen molar-refractivity contribution < 1.29 is 4.79 Å². The number of amides is 1. The maximum absolute atomic E-state index is 11.7. The number of carbonyl (C=O) groups excluding carboxylic acids is 1. The second-order valence-electron chi connectivity index (χ2n) is 3.92. The molecule has 0 aliphatic carbocycles. The van der Waals surface area contributed by atoms with Gasteiger partial charge in [0.2, 0.25) is 5.91 Å². The Morgan fingerprint density at radius 2 is 2.50 bits per heavy atom. The molecule has 2 unspecified atom stereocenters.